The molecule has 2 heterocycles. The molecule has 0 bridgehead atoms. The summed E-state index contributed by atoms with van der Waals surface area (Å²) in [5.41, 5.74) is 0.925. The number of carbonyl (C=O) groups is 2. The third kappa shape index (κ3) is 2.24. The van der Waals surface area contributed by atoms with E-state index >= 15 is 0 Å². The van der Waals surface area contributed by atoms with Gasteiger partial charge in [-0.2, -0.15) is 0 Å². The molecule has 1 aromatic rings. The van der Waals surface area contributed by atoms with E-state index in [1.165, 1.54) is 5.56 Å². The molecule has 0 aliphatic carbocycles. The number of imide groups is 1. The third-order valence-electron chi connectivity index (χ3n) is 4.78. The summed E-state index contributed by atoms with van der Waals surface area (Å²) in [6, 6.07) is 10.7. The summed E-state index contributed by atoms with van der Waals surface area (Å²) >= 11 is 0. The molecule has 0 aromatic heterocycles. The fourth-order valence-electron chi connectivity index (χ4n) is 3.35. The Hall–Kier alpha value is -1.68. The molecule has 0 saturated carbocycles. The van der Waals surface area contributed by atoms with Gasteiger partial charge in [0.2, 0.25) is 11.8 Å². The van der Waals surface area contributed by atoms with E-state index in [4.69, 9.17) is 0 Å². The van der Waals surface area contributed by atoms with E-state index in [0.717, 1.165) is 19.5 Å². The van der Waals surface area contributed by atoms with Crippen molar-refractivity contribution in [3.05, 3.63) is 35.9 Å². The molecule has 0 radical (unpaired) electrons. The summed E-state index contributed by atoms with van der Waals surface area (Å²) in [5, 5.41) is 2.51. The molecule has 2 saturated heterocycles. The first kappa shape index (κ1) is 13.3. The number of piperidine rings is 1. The standard InChI is InChI=1S/C16H20N2O2/c1-12(13-5-3-2-4-6-13)18-10-9-16(11-18)8-7-14(19)17-15(16)20/h2-6,12H,7-11H2,1H3,(H,17,19,20)/t12-,16?/m1/s1. The minimum absolute atomic E-state index is 0.0727. The number of hydrogen-bond acceptors (Lipinski definition) is 3. The number of benzene rings is 1. The highest BCUT2D eigenvalue weighted by molar-refractivity contribution is 6.00. The SMILES string of the molecule is C[C@H](c1ccccc1)N1CCC2(CCC(=O)NC2=O)C1. The minimum Gasteiger partial charge on any atom is -0.296 e. The zero-order valence-corrected chi connectivity index (χ0v) is 11.8. The highest BCUT2D eigenvalue weighted by Gasteiger charge is 2.48. The van der Waals surface area contributed by atoms with Crippen LogP contribution in [-0.4, -0.2) is 29.8 Å². The first-order chi connectivity index (χ1) is 9.61. The van der Waals surface area contributed by atoms with Crippen LogP contribution in [0.1, 0.15) is 37.8 Å². The molecule has 1 unspecified atom stereocenters. The van der Waals surface area contributed by atoms with Crippen LogP contribution < -0.4 is 5.32 Å². The minimum atomic E-state index is -0.350. The molecule has 1 N–H and O–H groups in total. The van der Waals surface area contributed by atoms with Gasteiger partial charge in [-0.15, -0.1) is 0 Å². The van der Waals surface area contributed by atoms with Gasteiger partial charge in [-0.05, 0) is 31.9 Å². The van der Waals surface area contributed by atoms with Crippen molar-refractivity contribution in [1.29, 1.82) is 0 Å². The molecule has 2 atom stereocenters. The van der Waals surface area contributed by atoms with Gasteiger partial charge in [0.25, 0.3) is 0 Å². The first-order valence-electron chi connectivity index (χ1n) is 7.24. The largest absolute Gasteiger partial charge is 0.296 e. The van der Waals surface area contributed by atoms with E-state index < -0.39 is 0 Å². The fourth-order valence-corrected chi connectivity index (χ4v) is 3.35. The molecule has 1 spiro atoms. The molecule has 2 aliphatic heterocycles. The lowest BCUT2D eigenvalue weighted by molar-refractivity contribution is -0.141. The Kier molecular flexibility index (Phi) is 3.34. The Balaban J connectivity index is 1.73. The summed E-state index contributed by atoms with van der Waals surface area (Å²) < 4.78 is 0. The van der Waals surface area contributed by atoms with Gasteiger partial charge in [-0.1, -0.05) is 30.3 Å². The summed E-state index contributed by atoms with van der Waals surface area (Å²) in [6.07, 6.45) is 2.01. The summed E-state index contributed by atoms with van der Waals surface area (Å²) in [5.74, 6) is -0.202. The predicted molar refractivity (Wildman–Crippen MR) is 75.9 cm³/mol. The maximum Gasteiger partial charge on any atom is 0.234 e. The molecule has 3 rings (SSSR count). The van der Waals surface area contributed by atoms with Crippen LogP contribution in [0.2, 0.25) is 0 Å². The Labute approximate surface area is 119 Å². The summed E-state index contributed by atoms with van der Waals surface area (Å²) in [4.78, 5) is 25.8. The molecular formula is C16H20N2O2. The van der Waals surface area contributed by atoms with Crippen LogP contribution in [0.3, 0.4) is 0 Å². The van der Waals surface area contributed by atoms with Crippen LogP contribution in [0.5, 0.6) is 0 Å². The number of nitrogens with one attached hydrogen (secondary N) is 1. The molecule has 4 nitrogen and oxygen atoms in total. The van der Waals surface area contributed by atoms with Crippen LogP contribution in [0, 0.1) is 5.41 Å². The predicted octanol–water partition coefficient (Wildman–Crippen LogP) is 1.88. The number of hydrogen-bond donors (Lipinski definition) is 1. The molecule has 106 valence electrons. The normalized spacial score (nSPS) is 28.6. The zero-order valence-electron chi connectivity index (χ0n) is 11.8. The van der Waals surface area contributed by atoms with Crippen molar-refractivity contribution in [3.8, 4) is 0 Å². The Morgan fingerprint density at radius 2 is 1.95 bits per heavy atom. The molecule has 20 heavy (non-hydrogen) atoms. The quantitative estimate of drug-likeness (QED) is 0.836. The Bertz CT molecular complexity index is 529. The highest BCUT2D eigenvalue weighted by atomic mass is 16.2. The lowest BCUT2D eigenvalue weighted by Gasteiger charge is -2.32. The molecular weight excluding hydrogens is 252 g/mol. The lowest BCUT2D eigenvalue weighted by atomic mass is 9.79. The summed E-state index contributed by atoms with van der Waals surface area (Å²) in [6.45, 7) is 3.85. The van der Waals surface area contributed by atoms with Crippen molar-refractivity contribution in [1.82, 2.24) is 10.2 Å². The molecule has 4 heteroatoms. The van der Waals surface area contributed by atoms with Crippen LogP contribution in [-0.2, 0) is 9.59 Å². The van der Waals surface area contributed by atoms with E-state index in [0.29, 0.717) is 18.9 Å². The first-order valence-corrected chi connectivity index (χ1v) is 7.24. The fraction of sp³-hybridized carbons (Fsp3) is 0.500. The highest BCUT2D eigenvalue weighted by Crippen LogP contribution is 2.40. The van der Waals surface area contributed by atoms with Crippen molar-refractivity contribution in [2.45, 2.75) is 32.2 Å². The van der Waals surface area contributed by atoms with Crippen molar-refractivity contribution in [2.75, 3.05) is 13.1 Å². The number of rotatable bonds is 2. The molecule has 1 aromatic carbocycles. The number of amides is 2. The van der Waals surface area contributed by atoms with E-state index in [-0.39, 0.29) is 17.2 Å². The second kappa shape index (κ2) is 5.02. The Morgan fingerprint density at radius 3 is 2.65 bits per heavy atom. The van der Waals surface area contributed by atoms with Crippen molar-refractivity contribution in [2.24, 2.45) is 5.41 Å². The van der Waals surface area contributed by atoms with Gasteiger partial charge in [0.15, 0.2) is 0 Å². The maximum atomic E-state index is 12.2. The number of carbonyl (C=O) groups excluding carboxylic acids is 2. The monoisotopic (exact) mass is 272 g/mol. The van der Waals surface area contributed by atoms with E-state index in [1.807, 2.05) is 18.2 Å². The third-order valence-corrected chi connectivity index (χ3v) is 4.78. The van der Waals surface area contributed by atoms with Gasteiger partial charge < -0.3 is 0 Å². The average molecular weight is 272 g/mol. The van der Waals surface area contributed by atoms with Gasteiger partial charge in [-0.25, -0.2) is 0 Å². The van der Waals surface area contributed by atoms with Crippen molar-refractivity contribution >= 4 is 11.8 Å². The van der Waals surface area contributed by atoms with Crippen LogP contribution in [0.25, 0.3) is 0 Å². The van der Waals surface area contributed by atoms with E-state index in [9.17, 15) is 9.59 Å². The van der Waals surface area contributed by atoms with Gasteiger partial charge in [0.05, 0.1) is 5.41 Å². The van der Waals surface area contributed by atoms with E-state index in [1.54, 1.807) is 0 Å². The van der Waals surface area contributed by atoms with Crippen molar-refractivity contribution in [3.63, 3.8) is 0 Å². The average Bonchev–Trinajstić information content (AvgIpc) is 2.89. The van der Waals surface area contributed by atoms with Crippen LogP contribution >= 0.6 is 0 Å². The second-order valence-corrected chi connectivity index (χ2v) is 5.96. The summed E-state index contributed by atoms with van der Waals surface area (Å²) in [7, 11) is 0. The maximum absolute atomic E-state index is 12.2. The number of nitrogens with zero attached hydrogens (tertiary/aromatic N) is 1. The van der Waals surface area contributed by atoms with Gasteiger partial charge >= 0.3 is 0 Å². The smallest absolute Gasteiger partial charge is 0.234 e. The van der Waals surface area contributed by atoms with Crippen LogP contribution in [0.4, 0.5) is 0 Å². The second-order valence-electron chi connectivity index (χ2n) is 5.96. The lowest BCUT2D eigenvalue weighted by Crippen LogP contribution is -2.50. The molecule has 2 aliphatic rings. The van der Waals surface area contributed by atoms with Gasteiger partial charge in [-0.3, -0.25) is 19.8 Å². The Morgan fingerprint density at radius 1 is 1.20 bits per heavy atom. The number of likely N-dealkylation sites (tertiary alicyclic amines) is 1. The van der Waals surface area contributed by atoms with Crippen molar-refractivity contribution < 1.29 is 9.59 Å². The van der Waals surface area contributed by atoms with Crippen LogP contribution in [0.15, 0.2) is 30.3 Å². The zero-order chi connectivity index (χ0) is 14.2. The molecule has 2 amide bonds. The van der Waals surface area contributed by atoms with E-state index in [2.05, 4.69) is 29.3 Å². The van der Waals surface area contributed by atoms with Gasteiger partial charge in [0.1, 0.15) is 0 Å². The van der Waals surface area contributed by atoms with Gasteiger partial charge in [0, 0.05) is 19.0 Å². The topological polar surface area (TPSA) is 49.4 Å². The molecule has 2 fully saturated rings.